The second-order valence-electron chi connectivity index (χ2n) is 3.93. The van der Waals surface area contributed by atoms with Crippen LogP contribution in [0.5, 0.6) is 5.75 Å². The minimum Gasteiger partial charge on any atom is -0.497 e. The van der Waals surface area contributed by atoms with E-state index in [-0.39, 0.29) is 0 Å². The number of nitrogens with one attached hydrogen (secondary N) is 1. The van der Waals surface area contributed by atoms with Crippen LogP contribution in [0.25, 0.3) is 11.1 Å². The highest BCUT2D eigenvalue weighted by Crippen LogP contribution is 2.24. The maximum absolute atomic E-state index is 10.3. The molecule has 0 saturated carbocycles. The van der Waals surface area contributed by atoms with Crippen LogP contribution in [0.1, 0.15) is 5.56 Å². The molecule has 2 aromatic rings. The standard InChI is InChI=1S/C15H15NO2/c1-18-15-7-3-6-14(9-15)13-5-2-4-12(8-13)10-16-11-17/h2-9,11H,10H2,1H3,(H,16,17). The molecule has 0 radical (unpaired) electrons. The van der Waals surface area contributed by atoms with Crippen LogP contribution in [-0.2, 0) is 11.3 Å². The summed E-state index contributed by atoms with van der Waals surface area (Å²) in [6.45, 7) is 0.543. The van der Waals surface area contributed by atoms with Crippen LogP contribution in [-0.4, -0.2) is 13.5 Å². The third-order valence-electron chi connectivity index (χ3n) is 2.72. The van der Waals surface area contributed by atoms with Crippen LogP contribution in [0.3, 0.4) is 0 Å². The van der Waals surface area contributed by atoms with Gasteiger partial charge < -0.3 is 10.1 Å². The Morgan fingerprint density at radius 2 is 1.83 bits per heavy atom. The summed E-state index contributed by atoms with van der Waals surface area (Å²) < 4.78 is 5.21. The van der Waals surface area contributed by atoms with Crippen molar-refractivity contribution in [2.75, 3.05) is 7.11 Å². The van der Waals surface area contributed by atoms with Crippen molar-refractivity contribution in [2.45, 2.75) is 6.54 Å². The predicted octanol–water partition coefficient (Wildman–Crippen LogP) is 2.61. The quantitative estimate of drug-likeness (QED) is 0.817. The molecule has 1 N–H and O–H groups in total. The number of benzene rings is 2. The average molecular weight is 241 g/mol. The van der Waals surface area contributed by atoms with E-state index in [1.807, 2.05) is 42.5 Å². The Balaban J connectivity index is 2.28. The summed E-state index contributed by atoms with van der Waals surface area (Å²) >= 11 is 0. The third-order valence-corrected chi connectivity index (χ3v) is 2.72. The van der Waals surface area contributed by atoms with Gasteiger partial charge in [0.15, 0.2) is 0 Å². The maximum atomic E-state index is 10.3. The van der Waals surface area contributed by atoms with Gasteiger partial charge in [-0.25, -0.2) is 0 Å². The van der Waals surface area contributed by atoms with E-state index < -0.39 is 0 Å². The monoisotopic (exact) mass is 241 g/mol. The minimum absolute atomic E-state index is 0.543. The first-order chi connectivity index (χ1) is 8.83. The molecule has 0 aromatic heterocycles. The topological polar surface area (TPSA) is 38.3 Å². The van der Waals surface area contributed by atoms with E-state index in [0.29, 0.717) is 13.0 Å². The molecule has 0 aliphatic rings. The van der Waals surface area contributed by atoms with Crippen molar-refractivity contribution in [1.82, 2.24) is 5.32 Å². The van der Waals surface area contributed by atoms with E-state index in [1.165, 1.54) is 0 Å². The zero-order valence-corrected chi connectivity index (χ0v) is 10.2. The number of carbonyl (C=O) groups excluding carboxylic acids is 1. The third kappa shape index (κ3) is 2.88. The molecular weight excluding hydrogens is 226 g/mol. The molecule has 2 rings (SSSR count). The average Bonchev–Trinajstić information content (AvgIpc) is 2.45. The molecule has 0 spiro atoms. The molecule has 18 heavy (non-hydrogen) atoms. The van der Waals surface area contributed by atoms with Crippen molar-refractivity contribution in [3.05, 3.63) is 54.1 Å². The second kappa shape index (κ2) is 5.87. The minimum atomic E-state index is 0.543. The maximum Gasteiger partial charge on any atom is 0.207 e. The Bertz CT molecular complexity index is 538. The second-order valence-corrected chi connectivity index (χ2v) is 3.93. The SMILES string of the molecule is COc1cccc(-c2cccc(CNC=O)c2)c1. The van der Waals surface area contributed by atoms with Crippen molar-refractivity contribution < 1.29 is 9.53 Å². The van der Waals surface area contributed by atoms with Crippen molar-refractivity contribution >= 4 is 6.41 Å². The van der Waals surface area contributed by atoms with Gasteiger partial charge in [0, 0.05) is 6.54 Å². The Morgan fingerprint density at radius 1 is 1.11 bits per heavy atom. The zero-order chi connectivity index (χ0) is 12.8. The first kappa shape index (κ1) is 12.2. The van der Waals surface area contributed by atoms with Crippen LogP contribution < -0.4 is 10.1 Å². The van der Waals surface area contributed by atoms with Crippen LogP contribution >= 0.6 is 0 Å². The fourth-order valence-electron chi connectivity index (χ4n) is 1.82. The lowest BCUT2D eigenvalue weighted by molar-refractivity contribution is -0.109. The number of amides is 1. The number of carbonyl (C=O) groups is 1. The summed E-state index contributed by atoms with van der Waals surface area (Å²) in [6.07, 6.45) is 0.707. The lowest BCUT2D eigenvalue weighted by Gasteiger charge is -2.07. The van der Waals surface area contributed by atoms with Crippen LogP contribution in [0, 0.1) is 0 Å². The molecule has 92 valence electrons. The molecular formula is C15H15NO2. The summed E-state index contributed by atoms with van der Waals surface area (Å²) in [4.78, 5) is 10.3. The molecule has 3 nitrogen and oxygen atoms in total. The Morgan fingerprint density at radius 3 is 2.56 bits per heavy atom. The molecule has 1 amide bonds. The molecule has 0 unspecified atom stereocenters. The van der Waals surface area contributed by atoms with Gasteiger partial charge in [0.05, 0.1) is 7.11 Å². The van der Waals surface area contributed by atoms with Gasteiger partial charge >= 0.3 is 0 Å². The fourth-order valence-corrected chi connectivity index (χ4v) is 1.82. The number of rotatable bonds is 5. The predicted molar refractivity (Wildman–Crippen MR) is 71.3 cm³/mol. The van der Waals surface area contributed by atoms with Gasteiger partial charge in [-0.1, -0.05) is 30.3 Å². The number of methoxy groups -OCH3 is 1. The lowest BCUT2D eigenvalue weighted by Crippen LogP contribution is -2.09. The molecule has 0 heterocycles. The highest BCUT2D eigenvalue weighted by molar-refractivity contribution is 5.65. The first-order valence-electron chi connectivity index (χ1n) is 5.74. The van der Waals surface area contributed by atoms with E-state index in [2.05, 4.69) is 11.4 Å². The van der Waals surface area contributed by atoms with Crippen molar-refractivity contribution in [3.8, 4) is 16.9 Å². The molecule has 0 aliphatic carbocycles. The van der Waals surface area contributed by atoms with E-state index >= 15 is 0 Å². The molecule has 0 aliphatic heterocycles. The van der Waals surface area contributed by atoms with Crippen molar-refractivity contribution in [2.24, 2.45) is 0 Å². The van der Waals surface area contributed by atoms with Crippen molar-refractivity contribution in [3.63, 3.8) is 0 Å². The number of ether oxygens (including phenoxy) is 1. The molecule has 0 bridgehead atoms. The summed E-state index contributed by atoms with van der Waals surface area (Å²) in [6, 6.07) is 16.0. The lowest BCUT2D eigenvalue weighted by atomic mass is 10.0. The summed E-state index contributed by atoms with van der Waals surface area (Å²) in [5.41, 5.74) is 3.28. The molecule has 2 aromatic carbocycles. The smallest absolute Gasteiger partial charge is 0.207 e. The largest absolute Gasteiger partial charge is 0.497 e. The Labute approximate surface area is 106 Å². The van der Waals surface area contributed by atoms with Gasteiger partial charge in [-0.3, -0.25) is 4.79 Å². The zero-order valence-electron chi connectivity index (χ0n) is 10.2. The van der Waals surface area contributed by atoms with E-state index in [0.717, 1.165) is 22.4 Å². The van der Waals surface area contributed by atoms with Gasteiger partial charge in [-0.15, -0.1) is 0 Å². The van der Waals surface area contributed by atoms with Gasteiger partial charge in [0.2, 0.25) is 6.41 Å². The number of hydrogen-bond acceptors (Lipinski definition) is 2. The fraction of sp³-hybridized carbons (Fsp3) is 0.133. The number of hydrogen-bond donors (Lipinski definition) is 1. The van der Waals surface area contributed by atoms with Crippen LogP contribution in [0.15, 0.2) is 48.5 Å². The highest BCUT2D eigenvalue weighted by atomic mass is 16.5. The summed E-state index contributed by atoms with van der Waals surface area (Å²) in [5.74, 6) is 0.837. The van der Waals surface area contributed by atoms with E-state index in [9.17, 15) is 4.79 Å². The van der Waals surface area contributed by atoms with Crippen LogP contribution in [0.2, 0.25) is 0 Å². The molecule has 0 atom stereocenters. The highest BCUT2D eigenvalue weighted by Gasteiger charge is 2.00. The first-order valence-corrected chi connectivity index (χ1v) is 5.74. The summed E-state index contributed by atoms with van der Waals surface area (Å²) in [7, 11) is 1.66. The molecule has 0 fully saturated rings. The van der Waals surface area contributed by atoms with Gasteiger partial charge in [0.1, 0.15) is 5.75 Å². The summed E-state index contributed by atoms with van der Waals surface area (Å²) in [5, 5.41) is 2.66. The van der Waals surface area contributed by atoms with E-state index in [4.69, 9.17) is 4.74 Å². The van der Waals surface area contributed by atoms with Crippen molar-refractivity contribution in [1.29, 1.82) is 0 Å². The molecule has 3 heteroatoms. The Hall–Kier alpha value is -2.29. The molecule has 0 saturated heterocycles. The Kier molecular flexibility index (Phi) is 3.97. The van der Waals surface area contributed by atoms with E-state index in [1.54, 1.807) is 7.11 Å². The van der Waals surface area contributed by atoms with Gasteiger partial charge in [0.25, 0.3) is 0 Å². The van der Waals surface area contributed by atoms with Gasteiger partial charge in [-0.2, -0.15) is 0 Å². The van der Waals surface area contributed by atoms with Crippen LogP contribution in [0.4, 0.5) is 0 Å². The van der Waals surface area contributed by atoms with Gasteiger partial charge in [-0.05, 0) is 34.9 Å². The normalized spacial score (nSPS) is 9.83.